The van der Waals surface area contributed by atoms with Gasteiger partial charge < -0.3 is 14.5 Å². The van der Waals surface area contributed by atoms with Gasteiger partial charge in [-0.1, -0.05) is 25.9 Å². The zero-order valence-electron chi connectivity index (χ0n) is 22.9. The number of hydrogen-bond acceptors (Lipinski definition) is 6. The van der Waals surface area contributed by atoms with E-state index < -0.39 is 11.0 Å². The number of benzene rings is 1. The predicted octanol–water partition coefficient (Wildman–Crippen LogP) is 4.43. The first kappa shape index (κ1) is 25.8. The highest BCUT2D eigenvalue weighted by Crippen LogP contribution is 2.62. The van der Waals surface area contributed by atoms with Gasteiger partial charge in [-0.15, -0.1) is 0 Å². The average Bonchev–Trinajstić information content (AvgIpc) is 3.15. The van der Waals surface area contributed by atoms with Gasteiger partial charge >= 0.3 is 5.97 Å². The molecule has 1 saturated heterocycles. The van der Waals surface area contributed by atoms with Crippen LogP contribution in [-0.2, 0) is 19.1 Å². The summed E-state index contributed by atoms with van der Waals surface area (Å²) in [6.45, 7) is 6.46. The predicted molar refractivity (Wildman–Crippen MR) is 147 cm³/mol. The number of anilines is 1. The van der Waals surface area contributed by atoms with Crippen molar-refractivity contribution in [2.24, 2.45) is 5.41 Å². The van der Waals surface area contributed by atoms with Gasteiger partial charge in [0.25, 0.3) is 0 Å². The van der Waals surface area contributed by atoms with Crippen LogP contribution in [0.5, 0.6) is 0 Å². The van der Waals surface area contributed by atoms with Crippen LogP contribution in [0.4, 0.5) is 5.69 Å². The monoisotopic (exact) mass is 502 g/mol. The molecule has 7 heteroatoms. The summed E-state index contributed by atoms with van der Waals surface area (Å²) >= 11 is 0. The number of carbonyl (C=O) groups excluding carboxylic acids is 3. The summed E-state index contributed by atoms with van der Waals surface area (Å²) in [7, 11) is 4.81. The van der Waals surface area contributed by atoms with Crippen LogP contribution in [0.2, 0.25) is 13.1 Å². The summed E-state index contributed by atoms with van der Waals surface area (Å²) in [4.78, 5) is 43.2. The molecule has 0 aromatic heterocycles. The minimum absolute atomic E-state index is 0.0619. The summed E-state index contributed by atoms with van der Waals surface area (Å²) in [5.74, 6) is -0.0297. The van der Waals surface area contributed by atoms with E-state index in [1.54, 1.807) is 0 Å². The van der Waals surface area contributed by atoms with E-state index in [-0.39, 0.29) is 29.5 Å². The van der Waals surface area contributed by atoms with Crippen molar-refractivity contribution >= 4 is 30.5 Å². The first-order valence-electron chi connectivity index (χ1n) is 13.8. The fourth-order valence-corrected chi connectivity index (χ4v) is 7.72. The third-order valence-electron chi connectivity index (χ3n) is 9.40. The average molecular weight is 502 g/mol. The van der Waals surface area contributed by atoms with Gasteiger partial charge in [-0.05, 0) is 73.3 Å². The van der Waals surface area contributed by atoms with E-state index in [9.17, 15) is 14.4 Å². The molecule has 5 rings (SSSR count). The van der Waals surface area contributed by atoms with Crippen LogP contribution < -0.4 is 4.90 Å². The lowest BCUT2D eigenvalue weighted by Gasteiger charge is -2.57. The largest absolute Gasteiger partial charge is 0.451 e. The summed E-state index contributed by atoms with van der Waals surface area (Å²) in [6.07, 6.45) is 6.57. The van der Waals surface area contributed by atoms with E-state index in [0.29, 0.717) is 19.2 Å². The molecular weight excluding hydrogens is 463 g/mol. The van der Waals surface area contributed by atoms with Crippen LogP contribution in [0.1, 0.15) is 63.9 Å². The molecule has 0 amide bonds. The van der Waals surface area contributed by atoms with Crippen molar-refractivity contribution in [3.63, 3.8) is 0 Å². The first-order chi connectivity index (χ1) is 17.6. The minimum atomic E-state index is -1.10. The molecule has 0 N–H and O–H groups in total. The molecule has 2 unspecified atom stereocenters. The van der Waals surface area contributed by atoms with Crippen molar-refractivity contribution in [1.29, 1.82) is 0 Å². The Morgan fingerprint density at radius 3 is 2.54 bits per heavy atom. The lowest BCUT2D eigenvalue weighted by atomic mass is 9.58. The molecule has 4 aliphatic rings. The molecule has 4 atom stereocenters. The maximum Gasteiger partial charge on any atom is 0.303 e. The van der Waals surface area contributed by atoms with E-state index in [1.807, 2.05) is 27.0 Å². The summed E-state index contributed by atoms with van der Waals surface area (Å²) in [5, 5.41) is 0. The molecule has 37 heavy (non-hydrogen) atoms. The molecular formula is C30H39BN2O4. The summed E-state index contributed by atoms with van der Waals surface area (Å²) in [5.41, 5.74) is 4.57. The first-order valence-corrected chi connectivity index (χ1v) is 13.8. The molecule has 2 aliphatic carbocycles. The highest BCUT2D eigenvalue weighted by Gasteiger charge is 2.67. The third-order valence-corrected chi connectivity index (χ3v) is 9.40. The number of esters is 1. The Balaban J connectivity index is 1.68. The Hall–Kier alpha value is -2.83. The Labute approximate surface area is 221 Å². The van der Waals surface area contributed by atoms with Crippen LogP contribution in [0.3, 0.4) is 0 Å². The van der Waals surface area contributed by atoms with Gasteiger partial charge in [-0.3, -0.25) is 14.4 Å². The van der Waals surface area contributed by atoms with Crippen molar-refractivity contribution in [2.45, 2.75) is 83.1 Å². The minimum Gasteiger partial charge on any atom is -0.451 e. The number of piperidine rings is 1. The van der Waals surface area contributed by atoms with Crippen molar-refractivity contribution in [2.75, 3.05) is 25.5 Å². The highest BCUT2D eigenvalue weighted by molar-refractivity contribution is 6.40. The second-order valence-electron chi connectivity index (χ2n) is 11.8. The highest BCUT2D eigenvalue weighted by atomic mass is 16.6. The molecule has 0 radical (unpaired) electrons. The molecule has 2 fully saturated rings. The molecule has 0 bridgehead atoms. The van der Waals surface area contributed by atoms with E-state index >= 15 is 0 Å². The van der Waals surface area contributed by atoms with Crippen molar-refractivity contribution in [1.82, 2.24) is 4.90 Å². The normalized spacial score (nSPS) is 30.7. The van der Waals surface area contributed by atoms with Gasteiger partial charge in [-0.2, -0.15) is 0 Å². The van der Waals surface area contributed by atoms with Gasteiger partial charge in [0, 0.05) is 62.7 Å². The lowest BCUT2D eigenvalue weighted by Crippen LogP contribution is -2.62. The van der Waals surface area contributed by atoms with Crippen molar-refractivity contribution < 1.29 is 19.1 Å². The number of rotatable bonds is 6. The second-order valence-corrected chi connectivity index (χ2v) is 11.8. The quantitative estimate of drug-likeness (QED) is 0.424. The fraction of sp³-hybridized carbons (Fsp3) is 0.567. The number of allylic oxidation sites excluding steroid dienone is 3. The Kier molecular flexibility index (Phi) is 6.62. The van der Waals surface area contributed by atoms with E-state index in [1.165, 1.54) is 29.3 Å². The molecule has 196 valence electrons. The summed E-state index contributed by atoms with van der Waals surface area (Å²) in [6, 6.07) is 8.83. The van der Waals surface area contributed by atoms with Gasteiger partial charge in [0.2, 0.25) is 0 Å². The van der Waals surface area contributed by atoms with Crippen LogP contribution in [0.25, 0.3) is 0 Å². The molecule has 1 saturated carbocycles. The number of nitrogens with zero attached hydrogens (tertiary/aromatic N) is 2. The van der Waals surface area contributed by atoms with E-state index in [4.69, 9.17) is 4.74 Å². The maximum atomic E-state index is 13.8. The topological polar surface area (TPSA) is 66.9 Å². The standard InChI is InChI=1S/C30H39BN2O4/c1-19(34)37-30(27(36)18-31-3)14-12-26-29(30,2)17-25(20-6-8-22(9-7-20)32(4)5)28-24-11-10-23(35)16-21(24)13-15-33(26)28/h6-9,16,25-26,31H,10-15,17-18H2,1-5H3/t25?,26?,29-,30-/m0/s1. The number of ketones is 2. The van der Waals surface area contributed by atoms with E-state index in [0.717, 1.165) is 45.2 Å². The zero-order chi connectivity index (χ0) is 26.5. The van der Waals surface area contributed by atoms with Crippen LogP contribution in [-0.4, -0.2) is 62.0 Å². The molecule has 2 heterocycles. The molecule has 6 nitrogen and oxygen atoms in total. The maximum absolute atomic E-state index is 13.8. The Morgan fingerprint density at radius 1 is 1.16 bits per heavy atom. The second kappa shape index (κ2) is 9.48. The number of fused-ring (bicyclic) bond motifs is 4. The molecule has 1 aromatic carbocycles. The van der Waals surface area contributed by atoms with Gasteiger partial charge in [-0.25, -0.2) is 0 Å². The smallest absolute Gasteiger partial charge is 0.303 e. The lowest BCUT2D eigenvalue weighted by molar-refractivity contribution is -0.182. The number of Topliss-reactive ketones (excluding diaryl/α,β-unsaturated/α-hetero) is 1. The molecule has 0 spiro atoms. The van der Waals surface area contributed by atoms with Crippen LogP contribution in [0.15, 0.2) is 47.2 Å². The fourth-order valence-electron chi connectivity index (χ4n) is 7.72. The number of hydrogen-bond donors (Lipinski definition) is 0. The number of carbonyl (C=O) groups is 3. The Bertz CT molecular complexity index is 1190. The third kappa shape index (κ3) is 4.05. The van der Waals surface area contributed by atoms with Gasteiger partial charge in [0.15, 0.2) is 17.2 Å². The zero-order valence-corrected chi connectivity index (χ0v) is 22.9. The van der Waals surface area contributed by atoms with Gasteiger partial charge in [0.1, 0.15) is 7.28 Å². The van der Waals surface area contributed by atoms with Crippen molar-refractivity contribution in [3.05, 3.63) is 52.7 Å². The number of ether oxygens (including phenoxy) is 1. The van der Waals surface area contributed by atoms with E-state index in [2.05, 4.69) is 41.0 Å². The summed E-state index contributed by atoms with van der Waals surface area (Å²) < 4.78 is 6.13. The van der Waals surface area contributed by atoms with Gasteiger partial charge in [0.05, 0.1) is 0 Å². The molecule has 1 aromatic rings. The van der Waals surface area contributed by atoms with Crippen molar-refractivity contribution in [3.8, 4) is 0 Å². The van der Waals surface area contributed by atoms with Crippen LogP contribution >= 0.6 is 0 Å². The van der Waals surface area contributed by atoms with Crippen LogP contribution in [0, 0.1) is 5.41 Å². The Morgan fingerprint density at radius 2 is 1.89 bits per heavy atom. The molecule has 2 aliphatic heterocycles. The SMILES string of the molecule is CBCC(=O)[C@@]1(OC(C)=O)CCC2N3CCC4=CC(=O)CCC4=C3C(c3ccc(N(C)C)cc3)C[C@@]21C.